The molecule has 2 aromatic rings. The minimum atomic E-state index is -4.79. The summed E-state index contributed by atoms with van der Waals surface area (Å²) in [4.78, 5) is 22.4. The van der Waals surface area contributed by atoms with Crippen molar-refractivity contribution in [2.75, 3.05) is 5.32 Å². The Morgan fingerprint density at radius 3 is 2.60 bits per heavy atom. The molecule has 0 saturated heterocycles. The number of hydrogen-bond acceptors (Lipinski definition) is 5. The molecule has 0 aliphatic heterocycles. The fourth-order valence-electron chi connectivity index (χ4n) is 1.80. The molecule has 0 atom stereocenters. The Morgan fingerprint density at radius 1 is 1.32 bits per heavy atom. The molecule has 6 nitrogen and oxygen atoms in total. The SMILES string of the molecule is O=C(Nc1cc([N+](=O)[O-])cc(C(F)(F)F)c1)C(=S)NCc1cccs1. The Bertz CT molecular complexity index is 807. The third-order valence-electron chi connectivity index (χ3n) is 2.92. The lowest BCUT2D eigenvalue weighted by atomic mass is 10.1. The van der Waals surface area contributed by atoms with Crippen molar-refractivity contribution in [2.45, 2.75) is 12.7 Å². The van der Waals surface area contributed by atoms with Gasteiger partial charge in [0.25, 0.3) is 11.6 Å². The molecule has 0 aliphatic rings. The first kappa shape index (κ1) is 18.8. The molecule has 0 fully saturated rings. The molecule has 1 heterocycles. The van der Waals surface area contributed by atoms with E-state index in [1.165, 1.54) is 11.3 Å². The zero-order chi connectivity index (χ0) is 18.6. The van der Waals surface area contributed by atoms with Crippen LogP contribution in [0.4, 0.5) is 24.5 Å². The summed E-state index contributed by atoms with van der Waals surface area (Å²) in [5.41, 5.74) is -2.40. The number of alkyl halides is 3. The summed E-state index contributed by atoms with van der Waals surface area (Å²) in [5.74, 6) is -0.861. The number of carbonyl (C=O) groups is 1. The number of carbonyl (C=O) groups excluding carboxylic acids is 1. The van der Waals surface area contributed by atoms with Gasteiger partial charge >= 0.3 is 6.18 Å². The largest absolute Gasteiger partial charge is 0.416 e. The van der Waals surface area contributed by atoms with Crippen LogP contribution in [-0.2, 0) is 17.5 Å². The van der Waals surface area contributed by atoms with Gasteiger partial charge in [-0.3, -0.25) is 14.9 Å². The van der Waals surface area contributed by atoms with Gasteiger partial charge in [0, 0.05) is 22.7 Å². The number of thiophene rings is 1. The molecule has 0 unspecified atom stereocenters. The van der Waals surface area contributed by atoms with Crippen LogP contribution in [0.15, 0.2) is 35.7 Å². The zero-order valence-corrected chi connectivity index (χ0v) is 13.9. The minimum Gasteiger partial charge on any atom is -0.367 e. The van der Waals surface area contributed by atoms with Gasteiger partial charge in [-0.25, -0.2) is 0 Å². The van der Waals surface area contributed by atoms with Gasteiger partial charge in [-0.2, -0.15) is 13.2 Å². The maximum atomic E-state index is 12.8. The van der Waals surface area contributed by atoms with Gasteiger partial charge in [-0.05, 0) is 17.5 Å². The Kier molecular flexibility index (Phi) is 5.69. The molecular formula is C14H10F3N3O3S2. The average Bonchev–Trinajstić information content (AvgIpc) is 3.04. The topological polar surface area (TPSA) is 84.3 Å². The van der Waals surface area contributed by atoms with E-state index in [1.807, 2.05) is 17.5 Å². The van der Waals surface area contributed by atoms with E-state index < -0.39 is 28.3 Å². The summed E-state index contributed by atoms with van der Waals surface area (Å²) in [5, 5.41) is 17.4. The van der Waals surface area contributed by atoms with E-state index in [4.69, 9.17) is 12.2 Å². The van der Waals surface area contributed by atoms with Crippen molar-refractivity contribution in [3.63, 3.8) is 0 Å². The second kappa shape index (κ2) is 7.57. The van der Waals surface area contributed by atoms with Crippen LogP contribution in [0.3, 0.4) is 0 Å². The number of hydrogen-bond donors (Lipinski definition) is 2. The minimum absolute atomic E-state index is 0.242. The predicted octanol–water partition coefficient (Wildman–Crippen LogP) is 3.73. The molecule has 1 aromatic carbocycles. The van der Waals surface area contributed by atoms with Crippen molar-refractivity contribution in [3.8, 4) is 0 Å². The molecule has 2 rings (SSSR count). The molecule has 1 aromatic heterocycles. The van der Waals surface area contributed by atoms with Crippen LogP contribution in [0.5, 0.6) is 0 Å². The van der Waals surface area contributed by atoms with Gasteiger partial charge in [0.15, 0.2) is 4.99 Å². The quantitative estimate of drug-likeness (QED) is 0.473. The maximum Gasteiger partial charge on any atom is 0.416 e. The summed E-state index contributed by atoms with van der Waals surface area (Å²) in [6.07, 6.45) is -4.79. The number of halogens is 3. The first-order valence-corrected chi connectivity index (χ1v) is 7.94. The van der Waals surface area contributed by atoms with E-state index in [9.17, 15) is 28.1 Å². The summed E-state index contributed by atoms with van der Waals surface area (Å²) < 4.78 is 38.4. The van der Waals surface area contributed by atoms with E-state index in [1.54, 1.807) is 0 Å². The first-order chi connectivity index (χ1) is 11.7. The maximum absolute atomic E-state index is 12.8. The van der Waals surface area contributed by atoms with Crippen LogP contribution in [0.2, 0.25) is 0 Å². The fraction of sp³-hybridized carbons (Fsp3) is 0.143. The van der Waals surface area contributed by atoms with Gasteiger partial charge in [0.1, 0.15) is 0 Å². The summed E-state index contributed by atoms with van der Waals surface area (Å²) in [7, 11) is 0. The van der Waals surface area contributed by atoms with E-state index in [-0.39, 0.29) is 17.2 Å². The standard InChI is InChI=1S/C14H10F3N3O3S2/c15-14(16,17)8-4-9(6-10(5-8)20(22)23)19-12(21)13(24)18-7-11-2-1-3-25-11/h1-6H,7H2,(H,18,24)(H,19,21). The molecule has 0 saturated carbocycles. The highest BCUT2D eigenvalue weighted by atomic mass is 32.1. The lowest BCUT2D eigenvalue weighted by Crippen LogP contribution is -2.33. The Balaban J connectivity index is 2.12. The van der Waals surface area contributed by atoms with Crippen LogP contribution in [-0.4, -0.2) is 15.8 Å². The van der Waals surface area contributed by atoms with E-state index in [0.29, 0.717) is 12.1 Å². The third kappa shape index (κ3) is 5.22. The summed E-state index contributed by atoms with van der Waals surface area (Å²) in [6.45, 7) is 0.284. The number of nitro benzene ring substituents is 1. The highest BCUT2D eigenvalue weighted by Crippen LogP contribution is 2.34. The van der Waals surface area contributed by atoms with Crippen molar-refractivity contribution in [1.82, 2.24) is 5.32 Å². The number of nitro groups is 1. The van der Waals surface area contributed by atoms with Crippen molar-refractivity contribution < 1.29 is 22.9 Å². The lowest BCUT2D eigenvalue weighted by Gasteiger charge is -2.11. The average molecular weight is 389 g/mol. The number of thiocarbonyl (C=S) groups is 1. The van der Waals surface area contributed by atoms with E-state index in [0.717, 1.165) is 10.9 Å². The zero-order valence-electron chi connectivity index (χ0n) is 12.3. The number of benzene rings is 1. The second-order valence-corrected chi connectivity index (χ2v) is 6.18. The predicted molar refractivity (Wildman–Crippen MR) is 90.5 cm³/mol. The number of rotatable bonds is 4. The fourth-order valence-corrected chi connectivity index (χ4v) is 2.57. The van der Waals surface area contributed by atoms with Crippen molar-refractivity contribution >= 4 is 45.8 Å². The molecule has 0 spiro atoms. The second-order valence-electron chi connectivity index (χ2n) is 4.74. The Morgan fingerprint density at radius 2 is 2.04 bits per heavy atom. The van der Waals surface area contributed by atoms with E-state index in [2.05, 4.69) is 10.6 Å². The molecule has 0 bridgehead atoms. The monoisotopic (exact) mass is 389 g/mol. The van der Waals surface area contributed by atoms with Crippen LogP contribution >= 0.6 is 23.6 Å². The van der Waals surface area contributed by atoms with E-state index >= 15 is 0 Å². The molecule has 1 amide bonds. The van der Waals surface area contributed by atoms with Gasteiger partial charge < -0.3 is 10.6 Å². The van der Waals surface area contributed by atoms with Crippen LogP contribution in [0, 0.1) is 10.1 Å². The van der Waals surface area contributed by atoms with Gasteiger partial charge in [-0.1, -0.05) is 18.3 Å². The molecule has 0 radical (unpaired) electrons. The molecular weight excluding hydrogens is 379 g/mol. The number of nitrogens with zero attached hydrogens (tertiary/aromatic N) is 1. The van der Waals surface area contributed by atoms with Crippen molar-refractivity contribution in [1.29, 1.82) is 0 Å². The Labute approximate surface area is 148 Å². The van der Waals surface area contributed by atoms with Crippen molar-refractivity contribution in [3.05, 3.63) is 56.3 Å². The molecule has 132 valence electrons. The van der Waals surface area contributed by atoms with Crippen molar-refractivity contribution in [2.24, 2.45) is 0 Å². The van der Waals surface area contributed by atoms with Gasteiger partial charge in [0.2, 0.25) is 0 Å². The smallest absolute Gasteiger partial charge is 0.367 e. The normalized spacial score (nSPS) is 11.0. The molecule has 2 N–H and O–H groups in total. The van der Waals surface area contributed by atoms with Crippen LogP contribution < -0.4 is 10.6 Å². The number of anilines is 1. The first-order valence-electron chi connectivity index (χ1n) is 6.65. The molecule has 25 heavy (non-hydrogen) atoms. The number of nitrogens with one attached hydrogen (secondary N) is 2. The Hall–Kier alpha value is -2.53. The summed E-state index contributed by atoms with van der Waals surface area (Å²) >= 11 is 6.30. The lowest BCUT2D eigenvalue weighted by molar-refractivity contribution is -0.385. The summed E-state index contributed by atoms with van der Waals surface area (Å²) in [6, 6.07) is 5.45. The van der Waals surface area contributed by atoms with Gasteiger partial charge in [-0.15, -0.1) is 11.3 Å². The van der Waals surface area contributed by atoms with Gasteiger partial charge in [0.05, 0.1) is 17.0 Å². The van der Waals surface area contributed by atoms with Crippen LogP contribution in [0.25, 0.3) is 0 Å². The number of amides is 1. The van der Waals surface area contributed by atoms with Crippen LogP contribution in [0.1, 0.15) is 10.4 Å². The highest BCUT2D eigenvalue weighted by Gasteiger charge is 2.33. The highest BCUT2D eigenvalue weighted by molar-refractivity contribution is 7.82. The molecule has 0 aliphatic carbocycles. The number of non-ortho nitro benzene ring substituents is 1. The molecule has 11 heteroatoms. The third-order valence-corrected chi connectivity index (χ3v) is 4.13.